The summed E-state index contributed by atoms with van der Waals surface area (Å²) in [4.78, 5) is 0. The molecule has 0 aromatic heterocycles. The smallest absolute Gasteiger partial charge is 0.131 e. The molecule has 0 aromatic carbocycles. The Morgan fingerprint density at radius 1 is 1.20 bits per heavy atom. The average molecular weight is 344 g/mol. The third-order valence-corrected chi connectivity index (χ3v) is 8.77. The van der Waals surface area contributed by atoms with E-state index >= 15 is 0 Å². The second kappa shape index (κ2) is 5.35. The van der Waals surface area contributed by atoms with E-state index in [1.54, 1.807) is 0 Å². The van der Waals surface area contributed by atoms with Crippen molar-refractivity contribution >= 4 is 0 Å². The van der Waals surface area contributed by atoms with Gasteiger partial charge in [0.05, 0.1) is 12.2 Å². The van der Waals surface area contributed by atoms with Gasteiger partial charge in [-0.1, -0.05) is 38.3 Å². The molecule has 4 rings (SSSR count). The Morgan fingerprint density at radius 3 is 2.60 bits per heavy atom. The first-order valence-electron chi connectivity index (χ1n) is 9.94. The second-order valence-corrected chi connectivity index (χ2v) is 9.85. The van der Waals surface area contributed by atoms with E-state index < -0.39 is 11.7 Å². The number of terminal acetylenes is 1. The largest absolute Gasteiger partial charge is 0.393 e. The van der Waals surface area contributed by atoms with E-state index in [0.717, 1.165) is 25.7 Å². The lowest BCUT2D eigenvalue weighted by molar-refractivity contribution is -0.128. The monoisotopic (exact) mass is 344 g/mol. The van der Waals surface area contributed by atoms with Gasteiger partial charge in [0.2, 0.25) is 0 Å². The summed E-state index contributed by atoms with van der Waals surface area (Å²) < 4.78 is 0. The maximum atomic E-state index is 11.2. The molecule has 4 aliphatic rings. The van der Waals surface area contributed by atoms with E-state index in [2.05, 4.69) is 26.7 Å². The van der Waals surface area contributed by atoms with Crippen LogP contribution in [0.4, 0.5) is 0 Å². The Morgan fingerprint density at radius 2 is 1.92 bits per heavy atom. The van der Waals surface area contributed by atoms with Crippen molar-refractivity contribution in [1.82, 2.24) is 0 Å². The molecule has 0 aliphatic heterocycles. The number of hydrogen-bond acceptors (Lipinski definition) is 3. The molecule has 3 nitrogen and oxygen atoms in total. The minimum Gasteiger partial charge on any atom is -0.393 e. The van der Waals surface area contributed by atoms with Gasteiger partial charge in [-0.05, 0) is 67.6 Å². The molecular formula is C22H32O3. The summed E-state index contributed by atoms with van der Waals surface area (Å²) in [5, 5.41) is 32.3. The molecule has 138 valence electrons. The van der Waals surface area contributed by atoms with Gasteiger partial charge in [-0.2, -0.15) is 0 Å². The Hall–Kier alpha value is -0.820. The van der Waals surface area contributed by atoms with Crippen LogP contribution in [-0.2, 0) is 0 Å². The lowest BCUT2D eigenvalue weighted by Crippen LogP contribution is -2.58. The van der Waals surface area contributed by atoms with Gasteiger partial charge in [0.15, 0.2) is 0 Å². The Bertz CT molecular complexity index is 648. The fourth-order valence-corrected chi connectivity index (χ4v) is 7.44. The Balaban J connectivity index is 1.78. The molecule has 3 heteroatoms. The topological polar surface area (TPSA) is 60.7 Å². The number of rotatable bonds is 0. The van der Waals surface area contributed by atoms with Crippen molar-refractivity contribution in [1.29, 1.82) is 0 Å². The van der Waals surface area contributed by atoms with Crippen LogP contribution in [0.25, 0.3) is 0 Å². The summed E-state index contributed by atoms with van der Waals surface area (Å²) in [7, 11) is 0. The summed E-state index contributed by atoms with van der Waals surface area (Å²) in [6.07, 6.45) is 12.1. The van der Waals surface area contributed by atoms with E-state index in [0.29, 0.717) is 24.7 Å². The SMILES string of the molecule is C#C[C@]1(O)C[C@@H](C)C2C3C(CC[C@@]21C)[C@@]1(C)CC[C@H](O)CC1=C[C@H]3O. The van der Waals surface area contributed by atoms with Crippen molar-refractivity contribution in [2.45, 2.75) is 77.1 Å². The van der Waals surface area contributed by atoms with Crippen LogP contribution in [-0.4, -0.2) is 33.1 Å². The van der Waals surface area contributed by atoms with Gasteiger partial charge in [-0.25, -0.2) is 0 Å². The molecule has 9 atom stereocenters. The summed E-state index contributed by atoms with van der Waals surface area (Å²) >= 11 is 0. The quantitative estimate of drug-likeness (QED) is 0.468. The fraction of sp³-hybridized carbons (Fsp3) is 0.818. The second-order valence-electron chi connectivity index (χ2n) is 9.85. The predicted molar refractivity (Wildman–Crippen MR) is 97.4 cm³/mol. The molecule has 3 N–H and O–H groups in total. The third kappa shape index (κ3) is 2.11. The standard InChI is InChI=1S/C22H32O3/c1-5-22(25)12-13(2)19-18-16(7-9-21(19,22)4)20(3)8-6-15(23)10-14(20)11-17(18)24/h1,11,13,15-19,23-25H,6-10,12H2,2-4H3/t13-,15+,16?,17-,18?,19?,20+,21+,22+/m1/s1. The van der Waals surface area contributed by atoms with Crippen molar-refractivity contribution in [2.75, 3.05) is 0 Å². The van der Waals surface area contributed by atoms with Gasteiger partial charge in [0.1, 0.15) is 5.60 Å². The van der Waals surface area contributed by atoms with Gasteiger partial charge in [-0.3, -0.25) is 0 Å². The molecular weight excluding hydrogens is 312 g/mol. The molecule has 0 amide bonds. The summed E-state index contributed by atoms with van der Waals surface area (Å²) in [5.41, 5.74) is -0.0585. The first-order chi connectivity index (χ1) is 11.7. The van der Waals surface area contributed by atoms with Crippen molar-refractivity contribution in [3.63, 3.8) is 0 Å². The minimum atomic E-state index is -1.06. The van der Waals surface area contributed by atoms with Crippen LogP contribution in [0.2, 0.25) is 0 Å². The van der Waals surface area contributed by atoms with Crippen LogP contribution in [0.15, 0.2) is 11.6 Å². The first-order valence-corrected chi connectivity index (χ1v) is 9.94. The molecule has 3 fully saturated rings. The number of aliphatic hydroxyl groups excluding tert-OH is 2. The average Bonchev–Trinajstić information content (AvgIpc) is 2.76. The van der Waals surface area contributed by atoms with E-state index in [1.807, 2.05) is 6.08 Å². The van der Waals surface area contributed by atoms with Crippen molar-refractivity contribution in [2.24, 2.45) is 34.5 Å². The van der Waals surface area contributed by atoms with Crippen LogP contribution in [0, 0.1) is 46.8 Å². The van der Waals surface area contributed by atoms with E-state index in [1.165, 1.54) is 5.57 Å². The maximum Gasteiger partial charge on any atom is 0.131 e. The van der Waals surface area contributed by atoms with Crippen molar-refractivity contribution < 1.29 is 15.3 Å². The number of aliphatic hydroxyl groups is 3. The molecule has 0 aromatic rings. The van der Waals surface area contributed by atoms with Crippen LogP contribution in [0.1, 0.15) is 59.3 Å². The molecule has 3 saturated carbocycles. The van der Waals surface area contributed by atoms with Crippen LogP contribution >= 0.6 is 0 Å². The zero-order chi connectivity index (χ0) is 18.2. The molecule has 0 spiro atoms. The highest BCUT2D eigenvalue weighted by Crippen LogP contribution is 2.68. The highest BCUT2D eigenvalue weighted by molar-refractivity contribution is 5.31. The highest BCUT2D eigenvalue weighted by atomic mass is 16.3. The normalized spacial score (nSPS) is 57.7. The Kier molecular flexibility index (Phi) is 3.76. The maximum absolute atomic E-state index is 11.2. The summed E-state index contributed by atoms with van der Waals surface area (Å²) in [5.74, 6) is 3.83. The molecule has 0 radical (unpaired) electrons. The predicted octanol–water partition coefficient (Wildman–Crippen LogP) is 2.89. The lowest BCUT2D eigenvalue weighted by atomic mass is 9.46. The van der Waals surface area contributed by atoms with Crippen LogP contribution in [0.3, 0.4) is 0 Å². The van der Waals surface area contributed by atoms with Crippen LogP contribution < -0.4 is 0 Å². The molecule has 0 saturated heterocycles. The molecule has 0 heterocycles. The highest BCUT2D eigenvalue weighted by Gasteiger charge is 2.67. The van der Waals surface area contributed by atoms with Gasteiger partial charge in [-0.15, -0.1) is 6.42 Å². The van der Waals surface area contributed by atoms with Gasteiger partial charge in [0.25, 0.3) is 0 Å². The Labute approximate surface area is 151 Å². The zero-order valence-electron chi connectivity index (χ0n) is 15.7. The number of fused-ring (bicyclic) bond motifs is 5. The van der Waals surface area contributed by atoms with E-state index in [9.17, 15) is 15.3 Å². The van der Waals surface area contributed by atoms with Crippen LogP contribution in [0.5, 0.6) is 0 Å². The third-order valence-electron chi connectivity index (χ3n) is 8.77. The molecule has 25 heavy (non-hydrogen) atoms. The van der Waals surface area contributed by atoms with E-state index in [4.69, 9.17) is 6.42 Å². The van der Waals surface area contributed by atoms with E-state index in [-0.39, 0.29) is 28.8 Å². The molecule has 0 bridgehead atoms. The summed E-state index contributed by atoms with van der Waals surface area (Å²) in [6, 6.07) is 0. The van der Waals surface area contributed by atoms with Crippen molar-refractivity contribution in [3.05, 3.63) is 11.6 Å². The molecule has 3 unspecified atom stereocenters. The van der Waals surface area contributed by atoms with Gasteiger partial charge >= 0.3 is 0 Å². The summed E-state index contributed by atoms with van der Waals surface area (Å²) in [6.45, 7) is 6.68. The minimum absolute atomic E-state index is 0.0705. The van der Waals surface area contributed by atoms with Crippen molar-refractivity contribution in [3.8, 4) is 12.3 Å². The fourth-order valence-electron chi connectivity index (χ4n) is 7.44. The zero-order valence-corrected chi connectivity index (χ0v) is 15.7. The van der Waals surface area contributed by atoms with Gasteiger partial charge < -0.3 is 15.3 Å². The van der Waals surface area contributed by atoms with Gasteiger partial charge in [0, 0.05) is 5.41 Å². The number of hydrogen-bond donors (Lipinski definition) is 3. The first kappa shape index (κ1) is 17.6. The lowest BCUT2D eigenvalue weighted by Gasteiger charge is -2.60. The molecule has 4 aliphatic carbocycles.